The van der Waals surface area contributed by atoms with E-state index >= 15 is 4.39 Å². The Morgan fingerprint density at radius 1 is 1.21 bits per heavy atom. The van der Waals surface area contributed by atoms with Crippen molar-refractivity contribution in [2.75, 3.05) is 12.3 Å². The summed E-state index contributed by atoms with van der Waals surface area (Å²) >= 11 is 0. The number of amides is 1. The molecular formula is C26H30FN5O2. The van der Waals surface area contributed by atoms with E-state index in [1.165, 1.54) is 12.1 Å². The van der Waals surface area contributed by atoms with Gasteiger partial charge in [-0.15, -0.1) is 0 Å². The van der Waals surface area contributed by atoms with Gasteiger partial charge < -0.3 is 21.9 Å². The molecule has 178 valence electrons. The van der Waals surface area contributed by atoms with Crippen molar-refractivity contribution in [1.29, 1.82) is 0 Å². The lowest BCUT2D eigenvalue weighted by Gasteiger charge is -2.25. The van der Waals surface area contributed by atoms with Crippen LogP contribution < -0.4 is 16.8 Å². The van der Waals surface area contributed by atoms with Crippen LogP contribution in [0.5, 0.6) is 0 Å². The number of nitrogens with two attached hydrogens (primary N) is 2. The number of carbonyl (C=O) groups is 1. The number of aromatic nitrogens is 2. The van der Waals surface area contributed by atoms with Crippen LogP contribution in [0.3, 0.4) is 0 Å². The van der Waals surface area contributed by atoms with Crippen molar-refractivity contribution in [1.82, 2.24) is 15.3 Å². The number of hydrogen-bond acceptors (Lipinski definition) is 6. The van der Waals surface area contributed by atoms with Gasteiger partial charge >= 0.3 is 0 Å². The molecule has 1 aromatic heterocycles. The Kier molecular flexibility index (Phi) is 7.19. The molecule has 7 nitrogen and oxygen atoms in total. The van der Waals surface area contributed by atoms with Crippen LogP contribution in [0, 0.1) is 12.7 Å². The van der Waals surface area contributed by atoms with Gasteiger partial charge in [0.05, 0.1) is 29.6 Å². The highest BCUT2D eigenvalue weighted by atomic mass is 19.1. The van der Waals surface area contributed by atoms with Crippen LogP contribution in [0.15, 0.2) is 48.7 Å². The van der Waals surface area contributed by atoms with E-state index in [1.54, 1.807) is 12.3 Å². The molecule has 6 N–H and O–H groups in total. The number of hydrogen-bond donors (Lipinski definition) is 4. The Morgan fingerprint density at radius 3 is 2.65 bits per heavy atom. The number of aryl methyl sites for hydroxylation is 1. The number of carbonyl (C=O) groups excluding carboxylic acids is 1. The van der Waals surface area contributed by atoms with Crippen molar-refractivity contribution in [3.63, 3.8) is 0 Å². The third-order valence-corrected chi connectivity index (χ3v) is 6.41. The molecule has 0 saturated heterocycles. The number of anilines is 1. The van der Waals surface area contributed by atoms with Gasteiger partial charge in [-0.05, 0) is 50.3 Å². The van der Waals surface area contributed by atoms with Gasteiger partial charge in [-0.3, -0.25) is 4.79 Å². The molecule has 1 aliphatic carbocycles. The molecule has 0 bridgehead atoms. The summed E-state index contributed by atoms with van der Waals surface area (Å²) in [6, 6.07) is 11.5. The van der Waals surface area contributed by atoms with Crippen molar-refractivity contribution in [2.45, 2.75) is 50.7 Å². The normalized spacial score (nSPS) is 18.9. The minimum Gasteiger partial charge on any atom is -0.393 e. The summed E-state index contributed by atoms with van der Waals surface area (Å²) in [5.41, 5.74) is 15.4. The summed E-state index contributed by atoms with van der Waals surface area (Å²) < 4.78 is 15.0. The summed E-state index contributed by atoms with van der Waals surface area (Å²) in [6.45, 7) is 2.14. The molecule has 1 aliphatic rings. The molecule has 1 heterocycles. The molecule has 34 heavy (non-hydrogen) atoms. The van der Waals surface area contributed by atoms with Gasteiger partial charge in [0.1, 0.15) is 17.3 Å². The van der Waals surface area contributed by atoms with Gasteiger partial charge in [0, 0.05) is 18.0 Å². The molecule has 1 saturated carbocycles. The zero-order valence-electron chi connectivity index (χ0n) is 19.2. The highest BCUT2D eigenvalue weighted by Gasteiger charge is 2.24. The van der Waals surface area contributed by atoms with Crippen molar-refractivity contribution in [2.24, 2.45) is 5.73 Å². The van der Waals surface area contributed by atoms with Gasteiger partial charge in [0.15, 0.2) is 0 Å². The molecule has 1 amide bonds. The predicted molar refractivity (Wildman–Crippen MR) is 129 cm³/mol. The first-order valence-corrected chi connectivity index (χ1v) is 11.5. The third-order valence-electron chi connectivity index (χ3n) is 6.41. The van der Waals surface area contributed by atoms with Crippen LogP contribution in [0.1, 0.15) is 64.8 Å². The monoisotopic (exact) mass is 463 g/mol. The minimum absolute atomic E-state index is 0.0844. The fraction of sp³-hybridized carbons (Fsp3) is 0.346. The van der Waals surface area contributed by atoms with Gasteiger partial charge in [0.25, 0.3) is 5.91 Å². The van der Waals surface area contributed by atoms with Crippen LogP contribution in [-0.4, -0.2) is 33.6 Å². The number of rotatable bonds is 6. The number of halogens is 1. The lowest BCUT2D eigenvalue weighted by molar-refractivity contribution is 0.0933. The maximum Gasteiger partial charge on any atom is 0.254 e. The van der Waals surface area contributed by atoms with E-state index in [0.29, 0.717) is 11.3 Å². The number of aliphatic hydroxyl groups excluding tert-OH is 1. The van der Waals surface area contributed by atoms with Crippen LogP contribution in [0.4, 0.5) is 10.2 Å². The second-order valence-electron chi connectivity index (χ2n) is 8.90. The first-order chi connectivity index (χ1) is 16.4. The van der Waals surface area contributed by atoms with Crippen LogP contribution in [0.2, 0.25) is 0 Å². The van der Waals surface area contributed by atoms with E-state index in [2.05, 4.69) is 15.3 Å². The zero-order valence-corrected chi connectivity index (χ0v) is 19.2. The van der Waals surface area contributed by atoms with E-state index < -0.39 is 17.8 Å². The molecule has 3 aromatic rings. The average Bonchev–Trinajstić information content (AvgIpc) is 2.83. The Morgan fingerprint density at radius 2 is 1.97 bits per heavy atom. The van der Waals surface area contributed by atoms with Crippen LogP contribution >= 0.6 is 0 Å². The molecule has 1 unspecified atom stereocenters. The fourth-order valence-corrected chi connectivity index (χ4v) is 4.44. The Labute approximate surface area is 198 Å². The lowest BCUT2D eigenvalue weighted by atomic mass is 9.85. The molecule has 2 aromatic carbocycles. The highest BCUT2D eigenvalue weighted by Crippen LogP contribution is 2.34. The number of nitrogen functional groups attached to an aromatic ring is 1. The summed E-state index contributed by atoms with van der Waals surface area (Å²) in [7, 11) is 0. The minimum atomic E-state index is -0.678. The van der Waals surface area contributed by atoms with E-state index in [-0.39, 0.29) is 29.9 Å². The standard InChI is InChI=1S/C26H30FN5O2/c1-15-3-2-4-17(11-15)22(13-28)32-26(34)20-10-7-18(12-21(20)27)24-25(29)30-14-23(31-24)16-5-8-19(33)9-6-16/h2-4,7,10-12,14,16,19,22,33H,5-6,8-9,13,28H2,1H3,(H2,29,30)(H,32,34). The quantitative estimate of drug-likeness (QED) is 0.442. The van der Waals surface area contributed by atoms with Gasteiger partial charge in [-0.25, -0.2) is 14.4 Å². The number of benzene rings is 2. The maximum atomic E-state index is 15.0. The molecular weight excluding hydrogens is 433 g/mol. The van der Waals surface area contributed by atoms with Crippen molar-refractivity contribution >= 4 is 11.7 Å². The molecule has 8 heteroatoms. The molecule has 1 fully saturated rings. The second-order valence-corrected chi connectivity index (χ2v) is 8.90. The van der Waals surface area contributed by atoms with E-state index in [0.717, 1.165) is 42.5 Å². The van der Waals surface area contributed by atoms with Gasteiger partial charge in [-0.2, -0.15) is 0 Å². The largest absolute Gasteiger partial charge is 0.393 e. The fourth-order valence-electron chi connectivity index (χ4n) is 4.44. The number of nitrogens with zero attached hydrogens (tertiary/aromatic N) is 2. The molecule has 0 spiro atoms. The average molecular weight is 464 g/mol. The number of aliphatic hydroxyl groups is 1. The topological polar surface area (TPSA) is 127 Å². The summed E-state index contributed by atoms with van der Waals surface area (Å²) in [5.74, 6) is -0.851. The van der Waals surface area contributed by atoms with Crippen molar-refractivity contribution in [3.8, 4) is 11.3 Å². The second kappa shape index (κ2) is 10.3. The van der Waals surface area contributed by atoms with Crippen molar-refractivity contribution in [3.05, 3.63) is 76.9 Å². The summed E-state index contributed by atoms with van der Waals surface area (Å²) in [4.78, 5) is 21.7. The Hall–Kier alpha value is -3.36. The van der Waals surface area contributed by atoms with Gasteiger partial charge in [-0.1, -0.05) is 35.9 Å². The van der Waals surface area contributed by atoms with Crippen molar-refractivity contribution < 1.29 is 14.3 Å². The predicted octanol–water partition coefficient (Wildman–Crippen LogP) is 3.62. The Balaban J connectivity index is 1.55. The van der Waals surface area contributed by atoms with Crippen LogP contribution in [0.25, 0.3) is 11.3 Å². The highest BCUT2D eigenvalue weighted by molar-refractivity contribution is 5.95. The SMILES string of the molecule is Cc1cccc(C(CN)NC(=O)c2ccc(-c3nc(C4CCC(O)CC4)cnc3N)cc2F)c1. The lowest BCUT2D eigenvalue weighted by Crippen LogP contribution is -2.33. The molecule has 0 radical (unpaired) electrons. The zero-order chi connectivity index (χ0) is 24.2. The third kappa shape index (κ3) is 5.24. The molecule has 0 aliphatic heterocycles. The van der Waals surface area contributed by atoms with E-state index in [4.69, 9.17) is 11.5 Å². The summed E-state index contributed by atoms with van der Waals surface area (Å²) in [6.07, 6.45) is 4.45. The number of nitrogens with one attached hydrogen (secondary N) is 1. The van der Waals surface area contributed by atoms with Gasteiger partial charge in [0.2, 0.25) is 0 Å². The van der Waals surface area contributed by atoms with Crippen LogP contribution in [-0.2, 0) is 0 Å². The maximum absolute atomic E-state index is 15.0. The molecule has 1 atom stereocenters. The van der Waals surface area contributed by atoms with E-state index in [1.807, 2.05) is 31.2 Å². The Bertz CT molecular complexity index is 1180. The summed E-state index contributed by atoms with van der Waals surface area (Å²) in [5, 5.41) is 12.6. The first kappa shape index (κ1) is 23.8. The van der Waals surface area contributed by atoms with E-state index in [9.17, 15) is 9.90 Å². The molecule has 4 rings (SSSR count). The first-order valence-electron chi connectivity index (χ1n) is 11.5. The smallest absolute Gasteiger partial charge is 0.254 e.